The van der Waals surface area contributed by atoms with Crippen LogP contribution in [0.1, 0.15) is 34.6 Å². The largest absolute Gasteiger partial charge is 0.351 e. The van der Waals surface area contributed by atoms with Gasteiger partial charge in [0.25, 0.3) is 0 Å². The molecular weight excluding hydrogens is 400 g/mol. The molecular formula is C26H24N4S. The normalized spacial score (nSPS) is 18.3. The number of aryl methyl sites for hydroxylation is 2. The summed E-state index contributed by atoms with van der Waals surface area (Å²) in [6.07, 6.45) is 3.95. The van der Waals surface area contributed by atoms with E-state index < -0.39 is 0 Å². The zero-order valence-corrected chi connectivity index (χ0v) is 18.4. The van der Waals surface area contributed by atoms with Gasteiger partial charge >= 0.3 is 0 Å². The second-order valence-corrected chi connectivity index (χ2v) is 8.36. The minimum Gasteiger partial charge on any atom is -0.351 e. The van der Waals surface area contributed by atoms with E-state index in [1.165, 1.54) is 11.1 Å². The van der Waals surface area contributed by atoms with Gasteiger partial charge in [-0.2, -0.15) is 0 Å². The summed E-state index contributed by atoms with van der Waals surface area (Å²) in [4.78, 5) is 6.87. The summed E-state index contributed by atoms with van der Waals surface area (Å²) in [6.45, 7) is 4.21. The lowest BCUT2D eigenvalue weighted by Gasteiger charge is -2.29. The molecule has 4 aromatic rings. The molecule has 0 saturated carbocycles. The maximum absolute atomic E-state index is 5.84. The van der Waals surface area contributed by atoms with Crippen molar-refractivity contribution >= 4 is 23.0 Å². The Morgan fingerprint density at radius 2 is 1.48 bits per heavy atom. The third kappa shape index (κ3) is 3.62. The van der Waals surface area contributed by atoms with Crippen molar-refractivity contribution in [1.82, 2.24) is 14.9 Å². The Morgan fingerprint density at radius 1 is 0.806 bits per heavy atom. The third-order valence-electron chi connectivity index (χ3n) is 5.81. The van der Waals surface area contributed by atoms with Crippen LogP contribution in [0.5, 0.6) is 0 Å². The van der Waals surface area contributed by atoms with E-state index in [-0.39, 0.29) is 12.1 Å². The van der Waals surface area contributed by atoms with Crippen LogP contribution in [-0.2, 0) is 0 Å². The highest BCUT2D eigenvalue weighted by atomic mass is 32.1. The number of nitrogens with one attached hydrogen (secondary N) is 1. The van der Waals surface area contributed by atoms with Crippen molar-refractivity contribution in [3.63, 3.8) is 0 Å². The average molecular weight is 425 g/mol. The fourth-order valence-corrected chi connectivity index (χ4v) is 4.56. The fourth-order valence-electron chi connectivity index (χ4n) is 4.21. The van der Waals surface area contributed by atoms with Crippen LogP contribution in [0.2, 0.25) is 0 Å². The molecule has 31 heavy (non-hydrogen) atoms. The van der Waals surface area contributed by atoms with Gasteiger partial charge < -0.3 is 14.8 Å². The van der Waals surface area contributed by atoms with Crippen LogP contribution >= 0.6 is 12.2 Å². The van der Waals surface area contributed by atoms with Crippen LogP contribution in [0.4, 0.5) is 5.69 Å². The molecule has 2 aromatic carbocycles. The molecule has 0 radical (unpaired) electrons. The molecule has 0 spiro atoms. The van der Waals surface area contributed by atoms with Gasteiger partial charge in [-0.3, -0.25) is 4.98 Å². The molecule has 154 valence electrons. The van der Waals surface area contributed by atoms with E-state index in [2.05, 4.69) is 107 Å². The van der Waals surface area contributed by atoms with Gasteiger partial charge in [0, 0.05) is 29.5 Å². The standard InChI is InChI=1S/C26H24N4S/c1-18-8-12-20(13-9-18)29-17-5-7-23(29)25-24(22-6-3-4-16-27-22)28-26(31)30(25)21-14-10-19(2)11-15-21/h3-17,24-25H,1-2H3,(H,28,31)/t24-,25-/m0/s1. The van der Waals surface area contributed by atoms with Gasteiger partial charge in [0.15, 0.2) is 5.11 Å². The Kier molecular flexibility index (Phi) is 5.04. The molecule has 2 atom stereocenters. The summed E-state index contributed by atoms with van der Waals surface area (Å²) in [5.74, 6) is 0. The van der Waals surface area contributed by atoms with Crippen LogP contribution in [0.15, 0.2) is 91.3 Å². The molecule has 5 heteroatoms. The number of anilines is 1. The molecule has 3 heterocycles. The second-order valence-electron chi connectivity index (χ2n) is 7.97. The molecule has 1 aliphatic heterocycles. The molecule has 1 aliphatic rings. The number of pyridine rings is 1. The van der Waals surface area contributed by atoms with Gasteiger partial charge in [-0.25, -0.2) is 0 Å². The van der Waals surface area contributed by atoms with Gasteiger partial charge in [-0.05, 0) is 74.6 Å². The Balaban J connectivity index is 1.66. The van der Waals surface area contributed by atoms with Crippen molar-refractivity contribution in [1.29, 1.82) is 0 Å². The van der Waals surface area contributed by atoms with Gasteiger partial charge in [0.05, 0.1) is 11.7 Å². The van der Waals surface area contributed by atoms with E-state index in [4.69, 9.17) is 12.2 Å². The zero-order valence-electron chi connectivity index (χ0n) is 17.6. The number of nitrogens with zero attached hydrogens (tertiary/aromatic N) is 3. The first kappa shape index (κ1) is 19.5. The maximum Gasteiger partial charge on any atom is 0.174 e. The van der Waals surface area contributed by atoms with Crippen LogP contribution in [0.25, 0.3) is 5.69 Å². The number of hydrogen-bond donors (Lipinski definition) is 1. The van der Waals surface area contributed by atoms with Gasteiger partial charge in [-0.15, -0.1) is 0 Å². The molecule has 2 aromatic heterocycles. The number of thiocarbonyl (C=S) groups is 1. The molecule has 0 unspecified atom stereocenters. The first-order chi connectivity index (χ1) is 15.1. The van der Waals surface area contributed by atoms with Crippen LogP contribution < -0.4 is 10.2 Å². The van der Waals surface area contributed by atoms with Crippen molar-refractivity contribution < 1.29 is 0 Å². The smallest absolute Gasteiger partial charge is 0.174 e. The van der Waals surface area contributed by atoms with Crippen LogP contribution in [-0.4, -0.2) is 14.7 Å². The van der Waals surface area contributed by atoms with E-state index in [0.29, 0.717) is 5.11 Å². The van der Waals surface area contributed by atoms with Crippen molar-refractivity contribution in [3.8, 4) is 5.69 Å². The number of benzene rings is 2. The van der Waals surface area contributed by atoms with Gasteiger partial charge in [0.2, 0.25) is 0 Å². The first-order valence-electron chi connectivity index (χ1n) is 10.4. The van der Waals surface area contributed by atoms with Gasteiger partial charge in [0.1, 0.15) is 6.04 Å². The Hall–Kier alpha value is -3.44. The summed E-state index contributed by atoms with van der Waals surface area (Å²) in [5.41, 5.74) is 6.81. The van der Waals surface area contributed by atoms with E-state index in [9.17, 15) is 0 Å². The lowest BCUT2D eigenvalue weighted by Crippen LogP contribution is -2.30. The molecule has 1 fully saturated rings. The highest BCUT2D eigenvalue weighted by Gasteiger charge is 2.42. The molecule has 1 saturated heterocycles. The number of rotatable bonds is 4. The lowest BCUT2D eigenvalue weighted by molar-refractivity contribution is 0.549. The van der Waals surface area contributed by atoms with E-state index >= 15 is 0 Å². The molecule has 4 nitrogen and oxygen atoms in total. The SMILES string of the molecule is Cc1ccc(N2C(=S)N[C@@H](c3ccccn3)[C@@H]2c2cccn2-c2ccc(C)cc2)cc1. The second kappa shape index (κ2) is 8.00. The third-order valence-corrected chi connectivity index (χ3v) is 6.12. The van der Waals surface area contributed by atoms with E-state index in [1.54, 1.807) is 0 Å². The van der Waals surface area contributed by atoms with Gasteiger partial charge in [-0.1, -0.05) is 41.5 Å². The highest BCUT2D eigenvalue weighted by Crippen LogP contribution is 2.42. The first-order valence-corrected chi connectivity index (χ1v) is 10.8. The Morgan fingerprint density at radius 3 is 2.13 bits per heavy atom. The summed E-state index contributed by atoms with van der Waals surface area (Å²) in [7, 11) is 0. The minimum atomic E-state index is -0.0610. The quantitative estimate of drug-likeness (QED) is 0.428. The predicted octanol–water partition coefficient (Wildman–Crippen LogP) is 5.67. The zero-order chi connectivity index (χ0) is 21.4. The topological polar surface area (TPSA) is 33.1 Å². The Labute approximate surface area is 188 Å². The Bertz CT molecular complexity index is 1200. The number of hydrogen-bond acceptors (Lipinski definition) is 2. The van der Waals surface area contributed by atoms with Crippen LogP contribution in [0, 0.1) is 13.8 Å². The molecule has 0 bridgehead atoms. The number of aromatic nitrogens is 2. The monoisotopic (exact) mass is 424 g/mol. The van der Waals surface area contributed by atoms with Crippen molar-refractivity contribution in [3.05, 3.63) is 114 Å². The molecule has 0 aliphatic carbocycles. The van der Waals surface area contributed by atoms with E-state index in [1.807, 2.05) is 18.3 Å². The fraction of sp³-hybridized carbons (Fsp3) is 0.154. The summed E-state index contributed by atoms with van der Waals surface area (Å²) in [5, 5.41) is 4.25. The van der Waals surface area contributed by atoms with E-state index in [0.717, 1.165) is 22.8 Å². The minimum absolute atomic E-state index is 0.0404. The summed E-state index contributed by atoms with van der Waals surface area (Å²) in [6, 6.07) is 27.3. The summed E-state index contributed by atoms with van der Waals surface area (Å²) < 4.78 is 2.25. The summed E-state index contributed by atoms with van der Waals surface area (Å²) >= 11 is 5.84. The predicted molar refractivity (Wildman–Crippen MR) is 130 cm³/mol. The maximum atomic E-state index is 5.84. The highest BCUT2D eigenvalue weighted by molar-refractivity contribution is 7.80. The average Bonchev–Trinajstić information content (AvgIpc) is 3.40. The molecule has 0 amide bonds. The van der Waals surface area contributed by atoms with Crippen molar-refractivity contribution in [2.45, 2.75) is 25.9 Å². The van der Waals surface area contributed by atoms with Crippen molar-refractivity contribution in [2.75, 3.05) is 4.90 Å². The molecule has 1 N–H and O–H groups in total. The lowest BCUT2D eigenvalue weighted by atomic mass is 10.0. The van der Waals surface area contributed by atoms with Crippen molar-refractivity contribution in [2.24, 2.45) is 0 Å². The molecule has 5 rings (SSSR count). The van der Waals surface area contributed by atoms with Crippen LogP contribution in [0.3, 0.4) is 0 Å².